The number of rotatable bonds is 4. The number of thiophene rings is 1. The van der Waals surface area contributed by atoms with Crippen LogP contribution in [0.25, 0.3) is 0 Å². The second-order valence-electron chi connectivity index (χ2n) is 5.01. The number of carbonyl (C=O) groups is 2. The van der Waals surface area contributed by atoms with Crippen LogP contribution in [0.1, 0.15) is 47.3 Å². The molecule has 5 heteroatoms. The Bertz CT molecular complexity index is 469. The van der Waals surface area contributed by atoms with Gasteiger partial charge in [-0.3, -0.25) is 9.59 Å². The van der Waals surface area contributed by atoms with E-state index in [-0.39, 0.29) is 18.4 Å². The summed E-state index contributed by atoms with van der Waals surface area (Å²) in [5, 5.41) is 10.7. The fourth-order valence-electron chi connectivity index (χ4n) is 2.58. The van der Waals surface area contributed by atoms with Crippen molar-refractivity contribution in [2.24, 2.45) is 0 Å². The van der Waals surface area contributed by atoms with Crippen LogP contribution in [-0.2, 0) is 4.79 Å². The second-order valence-corrected chi connectivity index (χ2v) is 5.93. The Morgan fingerprint density at radius 1 is 1.47 bits per heavy atom. The van der Waals surface area contributed by atoms with Crippen molar-refractivity contribution in [2.75, 3.05) is 6.54 Å². The van der Waals surface area contributed by atoms with Crippen molar-refractivity contribution >= 4 is 23.2 Å². The van der Waals surface area contributed by atoms with E-state index in [1.165, 1.54) is 11.3 Å². The predicted molar refractivity (Wildman–Crippen MR) is 74.6 cm³/mol. The molecule has 0 unspecified atom stereocenters. The highest BCUT2D eigenvalue weighted by Gasteiger charge is 2.28. The highest BCUT2D eigenvalue weighted by Crippen LogP contribution is 2.26. The Morgan fingerprint density at radius 3 is 2.89 bits per heavy atom. The molecular formula is C14H19NO3S. The molecule has 2 heterocycles. The van der Waals surface area contributed by atoms with Gasteiger partial charge in [0.15, 0.2) is 0 Å². The standard InChI is InChI=1S/C14H19NO3S/c1-10-7-9-19-13(10)14(18)15-8-3-2-4-11(15)5-6-12(16)17/h7,9,11H,2-6,8H2,1H3,(H,16,17)/t11-/m1/s1. The normalized spacial score (nSPS) is 19.4. The summed E-state index contributed by atoms with van der Waals surface area (Å²) in [4.78, 5) is 25.9. The minimum Gasteiger partial charge on any atom is -0.481 e. The van der Waals surface area contributed by atoms with Crippen LogP contribution in [0.3, 0.4) is 0 Å². The lowest BCUT2D eigenvalue weighted by Gasteiger charge is -2.35. The first kappa shape index (κ1) is 14.1. The molecule has 0 bridgehead atoms. The summed E-state index contributed by atoms with van der Waals surface area (Å²) in [5.74, 6) is -0.715. The van der Waals surface area contributed by atoms with Crippen LogP contribution < -0.4 is 0 Å². The van der Waals surface area contributed by atoms with E-state index in [1.54, 1.807) is 0 Å². The second kappa shape index (κ2) is 6.19. The lowest BCUT2D eigenvalue weighted by atomic mass is 9.97. The van der Waals surface area contributed by atoms with E-state index in [4.69, 9.17) is 5.11 Å². The van der Waals surface area contributed by atoms with Gasteiger partial charge in [-0.1, -0.05) is 0 Å². The first-order chi connectivity index (χ1) is 9.09. The zero-order valence-electron chi connectivity index (χ0n) is 11.1. The lowest BCUT2D eigenvalue weighted by molar-refractivity contribution is -0.137. The van der Waals surface area contributed by atoms with Gasteiger partial charge in [0.25, 0.3) is 5.91 Å². The van der Waals surface area contributed by atoms with E-state index in [1.807, 2.05) is 23.3 Å². The number of piperidine rings is 1. The Hall–Kier alpha value is -1.36. The molecule has 19 heavy (non-hydrogen) atoms. The molecule has 1 aromatic heterocycles. The first-order valence-corrected chi connectivity index (χ1v) is 7.54. The number of aryl methyl sites for hydroxylation is 1. The molecule has 0 spiro atoms. The number of hydrogen-bond donors (Lipinski definition) is 1. The summed E-state index contributed by atoms with van der Waals surface area (Å²) in [6, 6.07) is 2.03. The average molecular weight is 281 g/mol. The fourth-order valence-corrected chi connectivity index (χ4v) is 3.46. The fraction of sp³-hybridized carbons (Fsp3) is 0.571. The molecular weight excluding hydrogens is 262 g/mol. The average Bonchev–Trinajstić information content (AvgIpc) is 2.82. The van der Waals surface area contributed by atoms with Crippen LogP contribution >= 0.6 is 11.3 Å². The largest absolute Gasteiger partial charge is 0.481 e. The highest BCUT2D eigenvalue weighted by atomic mass is 32.1. The van der Waals surface area contributed by atoms with Crippen molar-refractivity contribution in [1.82, 2.24) is 4.90 Å². The third-order valence-electron chi connectivity index (χ3n) is 3.64. The molecule has 1 saturated heterocycles. The predicted octanol–water partition coefficient (Wildman–Crippen LogP) is 2.92. The molecule has 1 atom stereocenters. The van der Waals surface area contributed by atoms with Gasteiger partial charge in [0.1, 0.15) is 0 Å². The summed E-state index contributed by atoms with van der Waals surface area (Å²) in [5.41, 5.74) is 1.01. The van der Waals surface area contributed by atoms with Crippen LogP contribution in [0.2, 0.25) is 0 Å². The topological polar surface area (TPSA) is 57.6 Å². The summed E-state index contributed by atoms with van der Waals surface area (Å²) in [7, 11) is 0. The van der Waals surface area contributed by atoms with E-state index in [0.717, 1.165) is 36.2 Å². The smallest absolute Gasteiger partial charge is 0.303 e. The van der Waals surface area contributed by atoms with Crippen molar-refractivity contribution in [3.63, 3.8) is 0 Å². The number of carboxylic acid groups (broad SMARTS) is 1. The Labute approximate surface area is 117 Å². The Kier molecular flexibility index (Phi) is 4.58. The monoisotopic (exact) mass is 281 g/mol. The number of nitrogens with zero attached hydrogens (tertiary/aromatic N) is 1. The summed E-state index contributed by atoms with van der Waals surface area (Å²) in [6.07, 6.45) is 3.71. The molecule has 0 aromatic carbocycles. The molecule has 1 aliphatic rings. The molecule has 0 saturated carbocycles. The molecule has 1 aromatic rings. The summed E-state index contributed by atoms with van der Waals surface area (Å²) < 4.78 is 0. The minimum absolute atomic E-state index is 0.0718. The van der Waals surface area contributed by atoms with Crippen molar-refractivity contribution in [3.8, 4) is 0 Å². The molecule has 1 fully saturated rings. The van der Waals surface area contributed by atoms with Crippen molar-refractivity contribution in [3.05, 3.63) is 21.9 Å². The van der Waals surface area contributed by atoms with E-state index < -0.39 is 5.97 Å². The van der Waals surface area contributed by atoms with E-state index in [9.17, 15) is 9.59 Å². The molecule has 1 aliphatic heterocycles. The zero-order valence-corrected chi connectivity index (χ0v) is 11.9. The molecule has 1 amide bonds. The molecule has 4 nitrogen and oxygen atoms in total. The van der Waals surface area contributed by atoms with Crippen LogP contribution in [0.5, 0.6) is 0 Å². The maximum atomic E-state index is 12.5. The number of carbonyl (C=O) groups excluding carboxylic acids is 1. The van der Waals surface area contributed by atoms with Gasteiger partial charge in [-0.2, -0.15) is 0 Å². The van der Waals surface area contributed by atoms with Gasteiger partial charge in [-0.05, 0) is 49.6 Å². The van der Waals surface area contributed by atoms with Gasteiger partial charge in [0.05, 0.1) is 4.88 Å². The van der Waals surface area contributed by atoms with Crippen molar-refractivity contribution in [2.45, 2.75) is 45.1 Å². The van der Waals surface area contributed by atoms with Gasteiger partial charge in [-0.25, -0.2) is 0 Å². The minimum atomic E-state index is -0.787. The first-order valence-electron chi connectivity index (χ1n) is 6.66. The molecule has 104 valence electrons. The molecule has 1 N–H and O–H groups in total. The van der Waals surface area contributed by atoms with Gasteiger partial charge in [0, 0.05) is 19.0 Å². The zero-order chi connectivity index (χ0) is 13.8. The number of carboxylic acids is 1. The highest BCUT2D eigenvalue weighted by molar-refractivity contribution is 7.12. The van der Waals surface area contributed by atoms with Gasteiger partial charge in [0.2, 0.25) is 0 Å². The Balaban J connectivity index is 2.08. The van der Waals surface area contributed by atoms with E-state index in [0.29, 0.717) is 6.42 Å². The SMILES string of the molecule is Cc1ccsc1C(=O)N1CCCC[C@@H]1CCC(=O)O. The number of amides is 1. The molecule has 2 rings (SSSR count). The van der Waals surface area contributed by atoms with Crippen LogP contribution in [0.15, 0.2) is 11.4 Å². The maximum Gasteiger partial charge on any atom is 0.303 e. The lowest BCUT2D eigenvalue weighted by Crippen LogP contribution is -2.43. The van der Waals surface area contributed by atoms with Gasteiger partial charge < -0.3 is 10.0 Å². The summed E-state index contributed by atoms with van der Waals surface area (Å²) >= 11 is 1.47. The summed E-state index contributed by atoms with van der Waals surface area (Å²) in [6.45, 7) is 2.69. The van der Waals surface area contributed by atoms with Crippen LogP contribution in [0, 0.1) is 6.92 Å². The number of likely N-dealkylation sites (tertiary alicyclic amines) is 1. The van der Waals surface area contributed by atoms with Gasteiger partial charge >= 0.3 is 5.97 Å². The van der Waals surface area contributed by atoms with Gasteiger partial charge in [-0.15, -0.1) is 11.3 Å². The molecule has 0 radical (unpaired) electrons. The quantitative estimate of drug-likeness (QED) is 0.923. The van der Waals surface area contributed by atoms with Crippen LogP contribution in [-0.4, -0.2) is 34.5 Å². The maximum absolute atomic E-state index is 12.5. The number of hydrogen-bond acceptors (Lipinski definition) is 3. The van der Waals surface area contributed by atoms with E-state index in [2.05, 4.69) is 0 Å². The Morgan fingerprint density at radius 2 is 2.26 bits per heavy atom. The van der Waals surface area contributed by atoms with E-state index >= 15 is 0 Å². The number of aliphatic carboxylic acids is 1. The van der Waals surface area contributed by atoms with Crippen molar-refractivity contribution in [1.29, 1.82) is 0 Å². The van der Waals surface area contributed by atoms with Crippen molar-refractivity contribution < 1.29 is 14.7 Å². The third kappa shape index (κ3) is 3.35. The third-order valence-corrected chi connectivity index (χ3v) is 4.64. The van der Waals surface area contributed by atoms with Crippen LogP contribution in [0.4, 0.5) is 0 Å². The molecule has 0 aliphatic carbocycles.